The van der Waals surface area contributed by atoms with Gasteiger partial charge in [0.2, 0.25) is 0 Å². The lowest BCUT2D eigenvalue weighted by Gasteiger charge is -2.20. The number of carboxylic acid groups (broad SMARTS) is 1. The number of nitrogens with zero attached hydrogens (tertiary/aromatic N) is 2. The zero-order valence-corrected chi connectivity index (χ0v) is 15.2. The molecule has 1 aliphatic heterocycles. The standard InChI is InChI=1S/C20H21FN2O4/c1-22-7-8-23(20(22)26)12-14-4-5-15(21)11-16(14)17-9-13(10-19(24)25)3-6-18(17)27-2/h3-6,9,11H,7-8,10,12H2,1-2H3,(H,24,25). The van der Waals surface area contributed by atoms with E-state index < -0.39 is 11.8 Å². The average molecular weight is 372 g/mol. The minimum absolute atomic E-state index is 0.0723. The molecule has 1 N–H and O–H groups in total. The Balaban J connectivity index is 2.04. The number of ether oxygens (including phenoxy) is 1. The number of amides is 2. The minimum atomic E-state index is -0.948. The first-order chi connectivity index (χ1) is 12.9. The van der Waals surface area contributed by atoms with Gasteiger partial charge in [0.1, 0.15) is 11.6 Å². The number of carbonyl (C=O) groups excluding carboxylic acids is 1. The number of methoxy groups -OCH3 is 1. The van der Waals surface area contributed by atoms with Crippen LogP contribution in [0.5, 0.6) is 5.75 Å². The van der Waals surface area contributed by atoms with Crippen LogP contribution in [0.3, 0.4) is 0 Å². The summed E-state index contributed by atoms with van der Waals surface area (Å²) >= 11 is 0. The Hall–Kier alpha value is -3.09. The van der Waals surface area contributed by atoms with Crippen LogP contribution in [0.1, 0.15) is 11.1 Å². The average Bonchev–Trinajstić information content (AvgIpc) is 2.94. The van der Waals surface area contributed by atoms with Crippen molar-refractivity contribution in [2.24, 2.45) is 0 Å². The van der Waals surface area contributed by atoms with Crippen LogP contribution >= 0.6 is 0 Å². The largest absolute Gasteiger partial charge is 0.496 e. The highest BCUT2D eigenvalue weighted by Gasteiger charge is 2.26. The molecule has 27 heavy (non-hydrogen) atoms. The van der Waals surface area contributed by atoms with E-state index in [4.69, 9.17) is 9.84 Å². The Labute approximate surface area is 156 Å². The first-order valence-electron chi connectivity index (χ1n) is 8.56. The van der Waals surface area contributed by atoms with Crippen LogP contribution in [-0.4, -0.2) is 54.2 Å². The number of urea groups is 1. The first kappa shape index (κ1) is 18.7. The smallest absolute Gasteiger partial charge is 0.320 e. The maximum atomic E-state index is 14.0. The Morgan fingerprint density at radius 2 is 1.96 bits per heavy atom. The van der Waals surface area contributed by atoms with Gasteiger partial charge in [-0.2, -0.15) is 0 Å². The number of carbonyl (C=O) groups is 2. The topological polar surface area (TPSA) is 70.1 Å². The monoisotopic (exact) mass is 372 g/mol. The van der Waals surface area contributed by atoms with Gasteiger partial charge in [0.15, 0.2) is 0 Å². The van der Waals surface area contributed by atoms with Crippen LogP contribution in [0, 0.1) is 5.82 Å². The van der Waals surface area contributed by atoms with E-state index in [0.29, 0.717) is 42.1 Å². The van der Waals surface area contributed by atoms with Crippen LogP contribution in [0.4, 0.5) is 9.18 Å². The molecule has 7 heteroatoms. The summed E-state index contributed by atoms with van der Waals surface area (Å²) in [6, 6.07) is 9.38. The predicted octanol–water partition coefficient (Wildman–Crippen LogP) is 3.00. The van der Waals surface area contributed by atoms with E-state index >= 15 is 0 Å². The molecule has 0 aromatic heterocycles. The molecule has 0 bridgehead atoms. The SMILES string of the molecule is COc1ccc(CC(=O)O)cc1-c1cc(F)ccc1CN1CCN(C)C1=O. The van der Waals surface area contributed by atoms with Crippen molar-refractivity contribution >= 4 is 12.0 Å². The van der Waals surface area contributed by atoms with Gasteiger partial charge in [-0.05, 0) is 41.0 Å². The molecule has 142 valence electrons. The highest BCUT2D eigenvalue weighted by atomic mass is 19.1. The van der Waals surface area contributed by atoms with Crippen LogP contribution in [-0.2, 0) is 17.8 Å². The fourth-order valence-electron chi connectivity index (χ4n) is 3.24. The molecular weight excluding hydrogens is 351 g/mol. The van der Waals surface area contributed by atoms with Gasteiger partial charge in [-0.15, -0.1) is 0 Å². The number of halogens is 1. The second-order valence-corrected chi connectivity index (χ2v) is 6.53. The third-order valence-electron chi connectivity index (χ3n) is 4.64. The molecule has 1 heterocycles. The summed E-state index contributed by atoms with van der Waals surface area (Å²) in [7, 11) is 3.25. The number of carboxylic acids is 1. The van der Waals surface area contributed by atoms with E-state index in [1.165, 1.54) is 19.2 Å². The lowest BCUT2D eigenvalue weighted by molar-refractivity contribution is -0.136. The fraction of sp³-hybridized carbons (Fsp3) is 0.300. The summed E-state index contributed by atoms with van der Waals surface area (Å²) in [6.07, 6.45) is -0.142. The molecule has 0 spiro atoms. The van der Waals surface area contributed by atoms with E-state index in [1.807, 2.05) is 0 Å². The molecule has 0 saturated carbocycles. The summed E-state index contributed by atoms with van der Waals surface area (Å²) in [4.78, 5) is 26.6. The lowest BCUT2D eigenvalue weighted by atomic mass is 9.96. The summed E-state index contributed by atoms with van der Waals surface area (Å²) in [5, 5.41) is 9.06. The Kier molecular flexibility index (Phi) is 5.30. The maximum Gasteiger partial charge on any atom is 0.320 e. The first-order valence-corrected chi connectivity index (χ1v) is 8.56. The third kappa shape index (κ3) is 4.02. The molecular formula is C20H21FN2O4. The van der Waals surface area contributed by atoms with Gasteiger partial charge in [-0.25, -0.2) is 9.18 Å². The number of benzene rings is 2. The van der Waals surface area contributed by atoms with Crippen molar-refractivity contribution in [2.75, 3.05) is 27.2 Å². The van der Waals surface area contributed by atoms with Crippen LogP contribution in [0.25, 0.3) is 11.1 Å². The van der Waals surface area contributed by atoms with Crippen molar-refractivity contribution in [1.82, 2.24) is 9.80 Å². The number of aliphatic carboxylic acids is 1. The molecule has 2 amide bonds. The number of rotatable bonds is 6. The number of hydrogen-bond donors (Lipinski definition) is 1. The second kappa shape index (κ2) is 7.65. The van der Waals surface area contributed by atoms with Gasteiger partial charge >= 0.3 is 12.0 Å². The summed E-state index contributed by atoms with van der Waals surface area (Å²) < 4.78 is 19.4. The quantitative estimate of drug-likeness (QED) is 0.846. The lowest BCUT2D eigenvalue weighted by Crippen LogP contribution is -2.29. The Morgan fingerprint density at radius 1 is 1.19 bits per heavy atom. The normalized spacial score (nSPS) is 14.0. The van der Waals surface area contributed by atoms with Crippen molar-refractivity contribution in [2.45, 2.75) is 13.0 Å². The minimum Gasteiger partial charge on any atom is -0.496 e. The van der Waals surface area contributed by atoms with Crippen LogP contribution in [0.2, 0.25) is 0 Å². The molecule has 3 rings (SSSR count). The number of likely N-dealkylation sites (N-methyl/N-ethyl adjacent to an activating group) is 1. The zero-order chi connectivity index (χ0) is 19.6. The van der Waals surface area contributed by atoms with E-state index in [1.54, 1.807) is 41.1 Å². The molecule has 0 unspecified atom stereocenters. The molecule has 0 atom stereocenters. The van der Waals surface area contributed by atoms with Gasteiger partial charge in [0, 0.05) is 32.2 Å². The Bertz CT molecular complexity index is 884. The molecule has 2 aromatic carbocycles. The van der Waals surface area contributed by atoms with Crippen molar-refractivity contribution < 1.29 is 23.8 Å². The van der Waals surface area contributed by atoms with Gasteiger partial charge in [0.05, 0.1) is 13.5 Å². The van der Waals surface area contributed by atoms with Crippen molar-refractivity contribution in [3.8, 4) is 16.9 Å². The van der Waals surface area contributed by atoms with Gasteiger partial charge in [-0.1, -0.05) is 12.1 Å². The van der Waals surface area contributed by atoms with E-state index in [-0.39, 0.29) is 12.5 Å². The highest BCUT2D eigenvalue weighted by Crippen LogP contribution is 2.35. The maximum absolute atomic E-state index is 14.0. The molecule has 0 aliphatic carbocycles. The van der Waals surface area contributed by atoms with E-state index in [0.717, 1.165) is 5.56 Å². The van der Waals surface area contributed by atoms with Crippen molar-refractivity contribution in [1.29, 1.82) is 0 Å². The van der Waals surface area contributed by atoms with Crippen LogP contribution in [0.15, 0.2) is 36.4 Å². The molecule has 2 aromatic rings. The van der Waals surface area contributed by atoms with Gasteiger partial charge in [0.25, 0.3) is 0 Å². The zero-order valence-electron chi connectivity index (χ0n) is 15.2. The second-order valence-electron chi connectivity index (χ2n) is 6.53. The third-order valence-corrected chi connectivity index (χ3v) is 4.64. The summed E-state index contributed by atoms with van der Waals surface area (Å²) in [5.41, 5.74) is 2.54. The van der Waals surface area contributed by atoms with E-state index in [9.17, 15) is 14.0 Å². The fourth-order valence-corrected chi connectivity index (χ4v) is 3.24. The number of hydrogen-bond acceptors (Lipinski definition) is 3. The predicted molar refractivity (Wildman–Crippen MR) is 98.2 cm³/mol. The highest BCUT2D eigenvalue weighted by molar-refractivity contribution is 5.79. The molecule has 0 radical (unpaired) electrons. The molecule has 1 aliphatic rings. The van der Waals surface area contributed by atoms with Gasteiger partial charge in [-0.3, -0.25) is 4.79 Å². The summed E-state index contributed by atoms with van der Waals surface area (Å²) in [5.74, 6) is -0.846. The van der Waals surface area contributed by atoms with Gasteiger partial charge < -0.3 is 19.6 Å². The molecule has 1 fully saturated rings. The molecule has 1 saturated heterocycles. The van der Waals surface area contributed by atoms with Crippen molar-refractivity contribution in [3.05, 3.63) is 53.3 Å². The van der Waals surface area contributed by atoms with Crippen LogP contribution < -0.4 is 4.74 Å². The van der Waals surface area contributed by atoms with Crippen molar-refractivity contribution in [3.63, 3.8) is 0 Å². The van der Waals surface area contributed by atoms with E-state index in [2.05, 4.69) is 0 Å². The summed E-state index contributed by atoms with van der Waals surface area (Å²) in [6.45, 7) is 1.58. The Morgan fingerprint density at radius 3 is 2.59 bits per heavy atom. The molecule has 6 nitrogen and oxygen atoms in total.